The lowest BCUT2D eigenvalue weighted by Gasteiger charge is -2.07. The molecule has 0 saturated heterocycles. The van der Waals surface area contributed by atoms with Gasteiger partial charge in [-0.25, -0.2) is 8.78 Å². The van der Waals surface area contributed by atoms with Crippen LogP contribution in [0.15, 0.2) is 0 Å². The molecule has 0 spiro atoms. The molecule has 4 rings (SSSR count). The van der Waals surface area contributed by atoms with Gasteiger partial charge < -0.3 is 0 Å². The zero-order valence-corrected chi connectivity index (χ0v) is 22.3. The number of unbranched alkanes of at least 4 members (excludes halogenated alkanes) is 10. The van der Waals surface area contributed by atoms with E-state index in [2.05, 4.69) is 34.2 Å². The summed E-state index contributed by atoms with van der Waals surface area (Å²) >= 11 is 0. The molecule has 0 bridgehead atoms. The lowest BCUT2D eigenvalue weighted by atomic mass is 9.99. The van der Waals surface area contributed by atoms with Gasteiger partial charge in [-0.15, -0.1) is 0 Å². The molecule has 0 saturated carbocycles. The minimum absolute atomic E-state index is 0.166. The number of aromatic nitrogens is 6. The molecule has 6 nitrogen and oxygen atoms in total. The highest BCUT2D eigenvalue weighted by Gasteiger charge is 2.25. The summed E-state index contributed by atoms with van der Waals surface area (Å²) in [6.45, 7) is 9.06. The molecule has 0 fully saturated rings. The van der Waals surface area contributed by atoms with E-state index in [1.807, 2.05) is 0 Å². The van der Waals surface area contributed by atoms with Gasteiger partial charge in [0, 0.05) is 11.1 Å². The van der Waals surface area contributed by atoms with Crippen LogP contribution in [0.5, 0.6) is 0 Å². The summed E-state index contributed by atoms with van der Waals surface area (Å²) in [5, 5.41) is 18.7. The van der Waals surface area contributed by atoms with E-state index in [9.17, 15) is 0 Å². The summed E-state index contributed by atoms with van der Waals surface area (Å²) in [6, 6.07) is 0. The van der Waals surface area contributed by atoms with Crippen molar-refractivity contribution in [3.05, 3.63) is 22.8 Å². The molecule has 0 atom stereocenters. The second-order valence-electron chi connectivity index (χ2n) is 10.1. The van der Waals surface area contributed by atoms with Crippen molar-refractivity contribution >= 4 is 32.8 Å². The van der Waals surface area contributed by atoms with E-state index < -0.39 is 11.6 Å². The lowest BCUT2D eigenvalue weighted by molar-refractivity contribution is 0.488. The SMILES string of the molecule is CCCCCCCCn1nc2c(C)c(F)c3c4nn(CCCCCCCC)nc4c(C)c(F)c3c2n1. The largest absolute Gasteiger partial charge is 0.206 e. The summed E-state index contributed by atoms with van der Waals surface area (Å²) in [6.07, 6.45) is 13.9. The number of aryl methyl sites for hydroxylation is 4. The standard InChI is InChI=1S/C28H40F2N6/c1-5-7-9-11-13-15-17-35-31-25-19(3)23(29)22-21(27(25)33-35)24(30)20(4)26-28(22)34-36(32-26)18-16-14-12-10-8-6-2/h5-18H2,1-4H3. The van der Waals surface area contributed by atoms with Gasteiger partial charge in [-0.2, -0.15) is 30.0 Å². The Kier molecular flexibility index (Phi) is 8.86. The monoisotopic (exact) mass is 498 g/mol. The van der Waals surface area contributed by atoms with Crippen LogP contribution < -0.4 is 0 Å². The summed E-state index contributed by atoms with van der Waals surface area (Å²) < 4.78 is 31.4. The first kappa shape index (κ1) is 26.4. The molecule has 4 aromatic rings. The van der Waals surface area contributed by atoms with Crippen molar-refractivity contribution in [1.29, 1.82) is 0 Å². The first-order valence-corrected chi connectivity index (χ1v) is 13.9. The summed E-state index contributed by atoms with van der Waals surface area (Å²) in [5.74, 6) is -0.973. The molecule has 8 heteroatoms. The molecule has 0 unspecified atom stereocenters. The van der Waals surface area contributed by atoms with Gasteiger partial charge in [-0.1, -0.05) is 78.1 Å². The maximum Gasteiger partial charge on any atom is 0.138 e. The van der Waals surface area contributed by atoms with E-state index in [0.29, 0.717) is 46.3 Å². The number of benzene rings is 2. The average molecular weight is 499 g/mol. The van der Waals surface area contributed by atoms with E-state index in [4.69, 9.17) is 0 Å². The maximum absolute atomic E-state index is 15.7. The van der Waals surface area contributed by atoms with E-state index in [0.717, 1.165) is 25.7 Å². The highest BCUT2D eigenvalue weighted by atomic mass is 19.1. The fraction of sp³-hybridized carbons (Fsp3) is 0.643. The predicted octanol–water partition coefficient (Wildman–Crippen LogP) is 7.95. The second-order valence-corrected chi connectivity index (χ2v) is 10.1. The van der Waals surface area contributed by atoms with Gasteiger partial charge in [0.2, 0.25) is 0 Å². The Hall–Kier alpha value is -2.64. The van der Waals surface area contributed by atoms with Gasteiger partial charge in [0.05, 0.1) is 23.9 Å². The summed E-state index contributed by atoms with van der Waals surface area (Å²) in [5.41, 5.74) is 2.40. The molecule has 0 N–H and O–H groups in total. The van der Waals surface area contributed by atoms with Crippen molar-refractivity contribution in [2.45, 2.75) is 118 Å². The Labute approximate surface area is 212 Å². The van der Waals surface area contributed by atoms with Crippen LogP contribution in [0.4, 0.5) is 8.78 Å². The first-order chi connectivity index (χ1) is 17.5. The van der Waals surface area contributed by atoms with Crippen molar-refractivity contribution in [2.24, 2.45) is 0 Å². The quantitative estimate of drug-likeness (QED) is 0.166. The van der Waals surface area contributed by atoms with E-state index >= 15 is 8.78 Å². The van der Waals surface area contributed by atoms with Crippen LogP contribution >= 0.6 is 0 Å². The van der Waals surface area contributed by atoms with Gasteiger partial charge >= 0.3 is 0 Å². The summed E-state index contributed by atoms with van der Waals surface area (Å²) in [7, 11) is 0. The zero-order valence-electron chi connectivity index (χ0n) is 22.3. The van der Waals surface area contributed by atoms with Gasteiger partial charge in [0.25, 0.3) is 0 Å². The van der Waals surface area contributed by atoms with Gasteiger partial charge in [-0.3, -0.25) is 0 Å². The molecule has 196 valence electrons. The van der Waals surface area contributed by atoms with Crippen molar-refractivity contribution in [1.82, 2.24) is 30.0 Å². The third-order valence-corrected chi connectivity index (χ3v) is 7.27. The normalized spacial score (nSPS) is 12.1. The fourth-order valence-corrected chi connectivity index (χ4v) is 5.05. The zero-order chi connectivity index (χ0) is 25.7. The smallest absolute Gasteiger partial charge is 0.138 e. The lowest BCUT2D eigenvalue weighted by Crippen LogP contribution is -2.02. The Balaban J connectivity index is 1.65. The summed E-state index contributed by atoms with van der Waals surface area (Å²) in [4.78, 5) is 3.20. The molecule has 2 aromatic carbocycles. The van der Waals surface area contributed by atoms with Crippen molar-refractivity contribution in [3.8, 4) is 0 Å². The van der Waals surface area contributed by atoms with Crippen LogP contribution in [0, 0.1) is 25.5 Å². The first-order valence-electron chi connectivity index (χ1n) is 13.9. The average Bonchev–Trinajstić information content (AvgIpc) is 3.49. The van der Waals surface area contributed by atoms with Crippen LogP contribution in [0.3, 0.4) is 0 Å². The number of hydrogen-bond donors (Lipinski definition) is 0. The number of halogens is 2. The second kappa shape index (κ2) is 12.1. The molecule has 36 heavy (non-hydrogen) atoms. The highest BCUT2D eigenvalue weighted by Crippen LogP contribution is 2.37. The molecular weight excluding hydrogens is 458 g/mol. The van der Waals surface area contributed by atoms with Crippen LogP contribution in [-0.4, -0.2) is 30.0 Å². The molecular formula is C28H40F2N6. The maximum atomic E-state index is 15.7. The number of hydrogen-bond acceptors (Lipinski definition) is 4. The van der Waals surface area contributed by atoms with Crippen LogP contribution in [0.2, 0.25) is 0 Å². The number of fused-ring (bicyclic) bond motifs is 5. The van der Waals surface area contributed by atoms with Crippen LogP contribution in [0.25, 0.3) is 32.8 Å². The fourth-order valence-electron chi connectivity index (χ4n) is 5.05. The van der Waals surface area contributed by atoms with E-state index in [-0.39, 0.29) is 10.8 Å². The molecule has 0 radical (unpaired) electrons. The van der Waals surface area contributed by atoms with Crippen LogP contribution in [-0.2, 0) is 13.1 Å². The minimum atomic E-state index is -0.486. The van der Waals surface area contributed by atoms with E-state index in [1.165, 1.54) is 51.4 Å². The third-order valence-electron chi connectivity index (χ3n) is 7.27. The molecule has 0 aliphatic carbocycles. The van der Waals surface area contributed by atoms with E-state index in [1.54, 1.807) is 23.4 Å². The van der Waals surface area contributed by atoms with Crippen molar-refractivity contribution < 1.29 is 8.78 Å². The predicted molar refractivity (Wildman–Crippen MR) is 142 cm³/mol. The highest BCUT2D eigenvalue weighted by molar-refractivity contribution is 6.15. The molecule has 0 aliphatic rings. The number of nitrogens with zero attached hydrogens (tertiary/aromatic N) is 6. The van der Waals surface area contributed by atoms with Gasteiger partial charge in [0.15, 0.2) is 0 Å². The van der Waals surface area contributed by atoms with Gasteiger partial charge in [-0.05, 0) is 26.7 Å². The van der Waals surface area contributed by atoms with Crippen LogP contribution in [0.1, 0.15) is 102 Å². The molecule has 0 aliphatic heterocycles. The minimum Gasteiger partial charge on any atom is -0.206 e. The molecule has 2 aromatic heterocycles. The Morgan fingerprint density at radius 1 is 0.500 bits per heavy atom. The Morgan fingerprint density at radius 3 is 1.22 bits per heavy atom. The number of rotatable bonds is 14. The topological polar surface area (TPSA) is 61.4 Å². The van der Waals surface area contributed by atoms with Gasteiger partial charge in [0.1, 0.15) is 33.7 Å². The Morgan fingerprint density at radius 2 is 0.833 bits per heavy atom. The Bertz CT molecular complexity index is 1220. The molecule has 0 amide bonds. The van der Waals surface area contributed by atoms with Crippen molar-refractivity contribution in [3.63, 3.8) is 0 Å². The molecule has 2 heterocycles. The third kappa shape index (κ3) is 5.37. The van der Waals surface area contributed by atoms with Crippen molar-refractivity contribution in [2.75, 3.05) is 0 Å².